The van der Waals surface area contributed by atoms with E-state index >= 15 is 0 Å². The molecule has 0 aliphatic carbocycles. The molecule has 0 N–H and O–H groups in total. The van der Waals surface area contributed by atoms with Gasteiger partial charge in [-0.25, -0.2) is 8.42 Å². The van der Waals surface area contributed by atoms with Crippen LogP contribution in [-0.2, 0) is 16.6 Å². The second kappa shape index (κ2) is 8.66. The lowest BCUT2D eigenvalue weighted by atomic mass is 9.98. The predicted octanol–water partition coefficient (Wildman–Crippen LogP) is 4.97. The zero-order valence-corrected chi connectivity index (χ0v) is 20.3. The van der Waals surface area contributed by atoms with Gasteiger partial charge in [0.1, 0.15) is 8.07 Å². The Morgan fingerprint density at radius 1 is 1.00 bits per heavy atom. The van der Waals surface area contributed by atoms with Gasteiger partial charge in [0.15, 0.2) is 0 Å². The lowest BCUT2D eigenvalue weighted by molar-refractivity contribution is 0.254. The fraction of sp³-hybridized carbons (Fsp3) is 0.360. The zero-order valence-electron chi connectivity index (χ0n) is 18.5. The van der Waals surface area contributed by atoms with Gasteiger partial charge >= 0.3 is 0 Å². The summed E-state index contributed by atoms with van der Waals surface area (Å²) in [4.78, 5) is 0.387. The van der Waals surface area contributed by atoms with Gasteiger partial charge in [-0.2, -0.15) is 4.31 Å². The average molecular weight is 451 g/mol. The third kappa shape index (κ3) is 5.12. The summed E-state index contributed by atoms with van der Waals surface area (Å²) in [6, 6.07) is 17.4. The Kier molecular flexibility index (Phi) is 6.11. The molecule has 0 atom stereocenters. The molecular formula is C25H30N2O2SSi. The van der Waals surface area contributed by atoms with Crippen LogP contribution in [0.4, 0.5) is 0 Å². The highest BCUT2D eigenvalue weighted by Gasteiger charge is 2.29. The molecule has 0 bridgehead atoms. The van der Waals surface area contributed by atoms with Gasteiger partial charge in [-0.05, 0) is 55.2 Å². The van der Waals surface area contributed by atoms with Crippen molar-refractivity contribution in [2.24, 2.45) is 5.92 Å². The fourth-order valence-corrected chi connectivity index (χ4v) is 6.06. The lowest BCUT2D eigenvalue weighted by Gasteiger charge is -2.31. The van der Waals surface area contributed by atoms with Gasteiger partial charge in [-0.3, -0.25) is 0 Å². The maximum Gasteiger partial charge on any atom is 0.243 e. The third-order valence-corrected chi connectivity index (χ3v) is 8.55. The molecule has 2 heterocycles. The van der Waals surface area contributed by atoms with Crippen LogP contribution in [0.15, 0.2) is 65.7 Å². The second-order valence-corrected chi connectivity index (χ2v) is 16.1. The fourth-order valence-electron chi connectivity index (χ4n) is 4.05. The van der Waals surface area contributed by atoms with Gasteiger partial charge < -0.3 is 4.57 Å². The Bertz CT molecular complexity index is 1220. The first-order valence-corrected chi connectivity index (χ1v) is 15.8. The van der Waals surface area contributed by atoms with Crippen LogP contribution < -0.4 is 0 Å². The molecular weight excluding hydrogens is 420 g/mol. The van der Waals surface area contributed by atoms with E-state index in [4.69, 9.17) is 0 Å². The quantitative estimate of drug-likeness (QED) is 0.416. The standard InChI is InChI=1S/C25H30N2O2SSi/c1-31(2,3)18-14-21-9-10-25-23(19-21)13-15-26(25)20-22-11-16-27(17-12-22)30(28,29)24-7-5-4-6-8-24/h4-10,13,15,19,22H,11-12,16-17,20H2,1-3H3. The highest BCUT2D eigenvalue weighted by molar-refractivity contribution is 7.89. The van der Waals surface area contributed by atoms with Gasteiger partial charge in [-0.1, -0.05) is 43.8 Å². The normalized spacial score (nSPS) is 16.2. The maximum atomic E-state index is 12.8. The number of benzene rings is 2. The highest BCUT2D eigenvalue weighted by atomic mass is 32.2. The van der Waals surface area contributed by atoms with Crippen LogP contribution in [0.2, 0.25) is 19.6 Å². The van der Waals surface area contributed by atoms with Crippen molar-refractivity contribution in [3.8, 4) is 11.5 Å². The number of fused-ring (bicyclic) bond motifs is 1. The second-order valence-electron chi connectivity index (χ2n) is 9.40. The molecule has 4 rings (SSSR count). The number of sulfonamides is 1. The number of nitrogens with zero attached hydrogens (tertiary/aromatic N) is 2. The van der Waals surface area contributed by atoms with Crippen molar-refractivity contribution >= 4 is 29.0 Å². The molecule has 3 aromatic rings. The van der Waals surface area contributed by atoms with Crippen LogP contribution in [0.25, 0.3) is 10.9 Å². The van der Waals surface area contributed by atoms with E-state index in [1.54, 1.807) is 28.6 Å². The minimum absolute atomic E-state index is 0.387. The van der Waals surface area contributed by atoms with Gasteiger partial charge in [0, 0.05) is 42.3 Å². The smallest absolute Gasteiger partial charge is 0.243 e. The molecule has 0 amide bonds. The zero-order chi connectivity index (χ0) is 22.1. The van der Waals surface area contributed by atoms with Crippen molar-refractivity contribution < 1.29 is 8.42 Å². The number of hydrogen-bond donors (Lipinski definition) is 0. The highest BCUT2D eigenvalue weighted by Crippen LogP contribution is 2.26. The minimum Gasteiger partial charge on any atom is -0.347 e. The Morgan fingerprint density at radius 2 is 1.71 bits per heavy atom. The molecule has 0 unspecified atom stereocenters. The maximum absolute atomic E-state index is 12.8. The van der Waals surface area contributed by atoms with E-state index in [9.17, 15) is 8.42 Å². The number of hydrogen-bond acceptors (Lipinski definition) is 2. The van der Waals surface area contributed by atoms with Crippen molar-refractivity contribution in [1.82, 2.24) is 8.87 Å². The van der Waals surface area contributed by atoms with E-state index in [1.165, 1.54) is 10.9 Å². The molecule has 0 spiro atoms. The Hall–Kier alpha value is -2.33. The molecule has 31 heavy (non-hydrogen) atoms. The summed E-state index contributed by atoms with van der Waals surface area (Å²) in [7, 11) is -4.77. The van der Waals surface area contributed by atoms with Crippen molar-refractivity contribution in [2.45, 2.75) is 43.9 Å². The van der Waals surface area contributed by atoms with Crippen LogP contribution >= 0.6 is 0 Å². The van der Waals surface area contributed by atoms with E-state index in [2.05, 4.69) is 66.1 Å². The number of rotatable bonds is 4. The molecule has 1 aromatic heterocycles. The summed E-state index contributed by atoms with van der Waals surface area (Å²) in [5, 5.41) is 1.21. The van der Waals surface area contributed by atoms with Crippen molar-refractivity contribution in [3.05, 3.63) is 66.4 Å². The Morgan fingerprint density at radius 3 is 2.39 bits per heavy atom. The van der Waals surface area contributed by atoms with Gasteiger partial charge in [-0.15, -0.1) is 5.54 Å². The molecule has 4 nitrogen and oxygen atoms in total. The number of aromatic nitrogens is 1. The summed E-state index contributed by atoms with van der Waals surface area (Å²) in [6.07, 6.45) is 3.91. The summed E-state index contributed by atoms with van der Waals surface area (Å²) in [5.41, 5.74) is 5.73. The van der Waals surface area contributed by atoms with Crippen LogP contribution in [0.5, 0.6) is 0 Å². The first-order valence-electron chi connectivity index (χ1n) is 10.9. The molecule has 0 radical (unpaired) electrons. The van der Waals surface area contributed by atoms with Crippen molar-refractivity contribution in [1.29, 1.82) is 0 Å². The molecule has 162 valence electrons. The molecule has 1 saturated heterocycles. The summed E-state index contributed by atoms with van der Waals surface area (Å²) < 4.78 is 29.6. The summed E-state index contributed by atoms with van der Waals surface area (Å²) >= 11 is 0. The number of piperidine rings is 1. The van der Waals surface area contributed by atoms with E-state index in [-0.39, 0.29) is 0 Å². The van der Waals surface area contributed by atoms with Crippen LogP contribution in [0.1, 0.15) is 18.4 Å². The first-order chi connectivity index (χ1) is 14.7. The van der Waals surface area contributed by atoms with Crippen LogP contribution in [-0.4, -0.2) is 38.5 Å². The molecule has 0 saturated carbocycles. The van der Waals surface area contributed by atoms with E-state index in [0.717, 1.165) is 24.9 Å². The third-order valence-electron chi connectivity index (χ3n) is 5.76. The molecule has 1 aliphatic heterocycles. The van der Waals surface area contributed by atoms with Crippen molar-refractivity contribution in [3.63, 3.8) is 0 Å². The average Bonchev–Trinajstić information content (AvgIpc) is 3.15. The van der Waals surface area contributed by atoms with Gasteiger partial charge in [0.25, 0.3) is 0 Å². The van der Waals surface area contributed by atoms with Crippen LogP contribution in [0, 0.1) is 17.4 Å². The molecule has 1 fully saturated rings. The molecule has 2 aromatic carbocycles. The van der Waals surface area contributed by atoms with Crippen LogP contribution in [0.3, 0.4) is 0 Å². The van der Waals surface area contributed by atoms with E-state index in [1.807, 2.05) is 6.07 Å². The summed E-state index contributed by atoms with van der Waals surface area (Å²) in [5.74, 6) is 3.82. The molecule has 1 aliphatic rings. The molecule has 6 heteroatoms. The van der Waals surface area contributed by atoms with Crippen molar-refractivity contribution in [2.75, 3.05) is 13.1 Å². The SMILES string of the molecule is C[Si](C)(C)C#Cc1ccc2c(ccn2CC2CCN(S(=O)(=O)c3ccccc3)CC2)c1. The predicted molar refractivity (Wildman–Crippen MR) is 130 cm³/mol. The van der Waals surface area contributed by atoms with E-state index in [0.29, 0.717) is 23.9 Å². The topological polar surface area (TPSA) is 42.3 Å². The van der Waals surface area contributed by atoms with Gasteiger partial charge in [0.05, 0.1) is 4.90 Å². The van der Waals surface area contributed by atoms with E-state index < -0.39 is 18.1 Å². The Balaban J connectivity index is 1.42. The minimum atomic E-state index is -3.39. The largest absolute Gasteiger partial charge is 0.347 e. The lowest BCUT2D eigenvalue weighted by Crippen LogP contribution is -2.39. The Labute approximate surface area is 186 Å². The first kappa shape index (κ1) is 21.9. The van der Waals surface area contributed by atoms with Gasteiger partial charge in [0.2, 0.25) is 10.0 Å². The summed E-state index contributed by atoms with van der Waals surface area (Å²) in [6.45, 7) is 8.85. The monoisotopic (exact) mass is 450 g/mol.